The zero-order valence-corrected chi connectivity index (χ0v) is 14.9. The van der Waals surface area contributed by atoms with Crippen LogP contribution in [0.2, 0.25) is 0 Å². The minimum atomic E-state index is -3.59. The van der Waals surface area contributed by atoms with Crippen molar-refractivity contribution in [2.75, 3.05) is 20.3 Å². The molecule has 2 aliphatic rings. The number of hydrogen-bond acceptors (Lipinski definition) is 4. The third-order valence-electron chi connectivity index (χ3n) is 5.05. The van der Waals surface area contributed by atoms with Crippen molar-refractivity contribution in [3.05, 3.63) is 23.3 Å². The van der Waals surface area contributed by atoms with Crippen LogP contribution in [0.5, 0.6) is 5.75 Å². The first-order chi connectivity index (χ1) is 10.9. The van der Waals surface area contributed by atoms with E-state index in [1.54, 1.807) is 16.4 Å². The summed E-state index contributed by atoms with van der Waals surface area (Å²) in [7, 11) is -2.07. The molecule has 1 aliphatic carbocycles. The molecule has 0 aromatic heterocycles. The minimum Gasteiger partial charge on any atom is -0.495 e. The minimum absolute atomic E-state index is 0.0322. The Balaban J connectivity index is 2.02. The summed E-state index contributed by atoms with van der Waals surface area (Å²) in [5.41, 5.74) is 1.98. The predicted molar refractivity (Wildman–Crippen MR) is 88.4 cm³/mol. The molecular weight excluding hydrogens is 314 g/mol. The van der Waals surface area contributed by atoms with E-state index >= 15 is 0 Å². The van der Waals surface area contributed by atoms with Gasteiger partial charge in [0.25, 0.3) is 0 Å². The molecule has 0 spiro atoms. The van der Waals surface area contributed by atoms with Crippen molar-refractivity contribution in [3.8, 4) is 5.75 Å². The normalized spacial score (nSPS) is 25.9. The first kappa shape index (κ1) is 16.7. The molecule has 0 bridgehead atoms. The Morgan fingerprint density at radius 1 is 1.17 bits per heavy atom. The molecular formula is C17H25NO4S. The fourth-order valence-corrected chi connectivity index (χ4v) is 5.50. The molecule has 0 amide bonds. The van der Waals surface area contributed by atoms with E-state index < -0.39 is 10.0 Å². The maximum Gasteiger partial charge on any atom is 0.247 e. The van der Waals surface area contributed by atoms with Crippen LogP contribution in [0.4, 0.5) is 0 Å². The predicted octanol–water partition coefficient (Wildman–Crippen LogP) is 2.64. The summed E-state index contributed by atoms with van der Waals surface area (Å²) in [5.74, 6) is 0.423. The molecule has 3 rings (SSSR count). The molecule has 5 nitrogen and oxygen atoms in total. The van der Waals surface area contributed by atoms with Crippen LogP contribution in [0.25, 0.3) is 0 Å². The maximum absolute atomic E-state index is 13.3. The van der Waals surface area contributed by atoms with E-state index in [0.29, 0.717) is 18.9 Å². The van der Waals surface area contributed by atoms with Gasteiger partial charge in [0.05, 0.1) is 25.9 Å². The summed E-state index contributed by atoms with van der Waals surface area (Å²) in [6.07, 6.45) is 4.02. The number of fused-ring (bicyclic) bond motifs is 1. The van der Waals surface area contributed by atoms with Gasteiger partial charge in [-0.05, 0) is 49.9 Å². The van der Waals surface area contributed by atoms with Crippen molar-refractivity contribution >= 4 is 10.0 Å². The lowest BCUT2D eigenvalue weighted by atomic mass is 9.91. The molecule has 1 aromatic carbocycles. The largest absolute Gasteiger partial charge is 0.495 e. The number of ether oxygens (including phenoxy) is 2. The second-order valence-corrected chi connectivity index (χ2v) is 8.32. The van der Waals surface area contributed by atoms with Crippen LogP contribution in [0.15, 0.2) is 17.0 Å². The summed E-state index contributed by atoms with van der Waals surface area (Å²) < 4.78 is 39.4. The Kier molecular flexibility index (Phi) is 4.67. The molecule has 23 heavy (non-hydrogen) atoms. The molecule has 1 aromatic rings. The van der Waals surface area contributed by atoms with E-state index in [-0.39, 0.29) is 17.0 Å². The quantitative estimate of drug-likeness (QED) is 0.849. The third kappa shape index (κ3) is 2.99. The first-order valence-electron chi connectivity index (χ1n) is 8.24. The van der Waals surface area contributed by atoms with Gasteiger partial charge in [-0.3, -0.25) is 0 Å². The van der Waals surface area contributed by atoms with Gasteiger partial charge in [0.1, 0.15) is 10.6 Å². The van der Waals surface area contributed by atoms with Crippen molar-refractivity contribution in [3.63, 3.8) is 0 Å². The van der Waals surface area contributed by atoms with Crippen LogP contribution < -0.4 is 4.74 Å². The van der Waals surface area contributed by atoms with Gasteiger partial charge in [-0.25, -0.2) is 8.42 Å². The van der Waals surface area contributed by atoms with Crippen LogP contribution in [0.1, 0.15) is 36.8 Å². The highest BCUT2D eigenvalue weighted by atomic mass is 32.2. The van der Waals surface area contributed by atoms with Crippen molar-refractivity contribution < 1.29 is 17.9 Å². The number of hydrogen-bond donors (Lipinski definition) is 0. The third-order valence-corrected chi connectivity index (χ3v) is 6.99. The lowest BCUT2D eigenvalue weighted by Crippen LogP contribution is -2.54. The highest BCUT2D eigenvalue weighted by Crippen LogP contribution is 2.36. The maximum atomic E-state index is 13.3. The van der Waals surface area contributed by atoms with Crippen LogP contribution in [-0.4, -0.2) is 45.1 Å². The zero-order valence-electron chi connectivity index (χ0n) is 14.0. The van der Waals surface area contributed by atoms with Crippen molar-refractivity contribution in [2.45, 2.75) is 56.6 Å². The van der Waals surface area contributed by atoms with E-state index in [2.05, 4.69) is 0 Å². The smallest absolute Gasteiger partial charge is 0.247 e. The molecule has 0 radical (unpaired) electrons. The Labute approximate surface area is 138 Å². The highest BCUT2D eigenvalue weighted by molar-refractivity contribution is 7.89. The monoisotopic (exact) mass is 339 g/mol. The fourth-order valence-electron chi connectivity index (χ4n) is 3.61. The van der Waals surface area contributed by atoms with Crippen LogP contribution in [0.3, 0.4) is 0 Å². The average Bonchev–Trinajstić information content (AvgIpc) is 2.56. The van der Waals surface area contributed by atoms with Gasteiger partial charge in [0, 0.05) is 6.54 Å². The molecule has 1 saturated heterocycles. The molecule has 6 heteroatoms. The van der Waals surface area contributed by atoms with Crippen molar-refractivity contribution in [2.24, 2.45) is 0 Å². The van der Waals surface area contributed by atoms with Gasteiger partial charge < -0.3 is 9.47 Å². The molecule has 128 valence electrons. The fraction of sp³-hybridized carbons (Fsp3) is 0.647. The van der Waals surface area contributed by atoms with E-state index in [0.717, 1.165) is 36.8 Å². The second kappa shape index (κ2) is 6.42. The highest BCUT2D eigenvalue weighted by Gasteiger charge is 2.41. The lowest BCUT2D eigenvalue weighted by molar-refractivity contribution is -0.0586. The number of aryl methyl sites for hydroxylation is 2. The topological polar surface area (TPSA) is 55.8 Å². The Bertz CT molecular complexity index is 684. The Morgan fingerprint density at radius 3 is 2.61 bits per heavy atom. The Hall–Kier alpha value is -1.11. The summed E-state index contributed by atoms with van der Waals surface area (Å²) in [6.45, 7) is 4.77. The summed E-state index contributed by atoms with van der Waals surface area (Å²) in [6, 6.07) is 3.49. The molecule has 0 unspecified atom stereocenters. The van der Waals surface area contributed by atoms with Crippen molar-refractivity contribution in [1.82, 2.24) is 4.31 Å². The van der Waals surface area contributed by atoms with E-state index in [1.807, 2.05) is 13.8 Å². The van der Waals surface area contributed by atoms with Crippen molar-refractivity contribution in [1.29, 1.82) is 0 Å². The van der Waals surface area contributed by atoms with E-state index in [9.17, 15) is 8.42 Å². The van der Waals surface area contributed by atoms with Gasteiger partial charge in [-0.1, -0.05) is 12.8 Å². The molecule has 1 heterocycles. The number of sulfonamides is 1. The number of nitrogens with zero attached hydrogens (tertiary/aromatic N) is 1. The summed E-state index contributed by atoms with van der Waals surface area (Å²) in [5, 5.41) is 0. The SMILES string of the molecule is COc1cc(C)c(C)cc1S(=O)(=O)N1CCO[C@H]2CCCC[C@@H]21. The van der Waals surface area contributed by atoms with E-state index in [1.165, 1.54) is 7.11 Å². The van der Waals surface area contributed by atoms with E-state index in [4.69, 9.17) is 9.47 Å². The standard InChI is InChI=1S/C17H25NO4S/c1-12-10-16(21-3)17(11-13(12)2)23(19,20)18-8-9-22-15-7-5-4-6-14(15)18/h10-11,14-15H,4-9H2,1-3H3/t14-,15-/m0/s1. The van der Waals surface area contributed by atoms with Gasteiger partial charge in [-0.2, -0.15) is 4.31 Å². The molecule has 1 saturated carbocycles. The molecule has 1 aliphatic heterocycles. The zero-order chi connectivity index (χ0) is 16.6. The number of benzene rings is 1. The lowest BCUT2D eigenvalue weighted by Gasteiger charge is -2.42. The van der Waals surface area contributed by atoms with Crippen LogP contribution in [0, 0.1) is 13.8 Å². The van der Waals surface area contributed by atoms with Crippen LogP contribution in [-0.2, 0) is 14.8 Å². The number of morpholine rings is 1. The molecule has 2 fully saturated rings. The first-order valence-corrected chi connectivity index (χ1v) is 9.68. The second-order valence-electron chi connectivity index (χ2n) is 6.46. The van der Waals surface area contributed by atoms with Crippen LogP contribution >= 0.6 is 0 Å². The summed E-state index contributed by atoms with van der Waals surface area (Å²) in [4.78, 5) is 0.273. The van der Waals surface area contributed by atoms with Gasteiger partial charge in [0.15, 0.2) is 0 Å². The van der Waals surface area contributed by atoms with Gasteiger partial charge >= 0.3 is 0 Å². The number of methoxy groups -OCH3 is 1. The Morgan fingerprint density at radius 2 is 1.87 bits per heavy atom. The molecule has 2 atom stereocenters. The average molecular weight is 339 g/mol. The van der Waals surface area contributed by atoms with Gasteiger partial charge in [-0.15, -0.1) is 0 Å². The molecule has 0 N–H and O–H groups in total. The summed E-state index contributed by atoms with van der Waals surface area (Å²) >= 11 is 0. The van der Waals surface area contributed by atoms with Gasteiger partial charge in [0.2, 0.25) is 10.0 Å². The number of rotatable bonds is 3.